The van der Waals surface area contributed by atoms with Crippen LogP contribution in [-0.4, -0.2) is 25.7 Å². The van der Waals surface area contributed by atoms with Gasteiger partial charge in [-0.1, -0.05) is 41.7 Å². The highest BCUT2D eigenvalue weighted by Gasteiger charge is 2.18. The molecular formula is C13H11N3O2S. The smallest absolute Gasteiger partial charge is 0.347 e. The van der Waals surface area contributed by atoms with Crippen LogP contribution < -0.4 is 0 Å². The molecule has 0 bridgehead atoms. The Morgan fingerprint density at radius 2 is 2.05 bits per heavy atom. The Morgan fingerprint density at radius 3 is 2.74 bits per heavy atom. The number of benzene rings is 1. The zero-order chi connectivity index (χ0) is 13.4. The van der Waals surface area contributed by atoms with Gasteiger partial charge in [0.15, 0.2) is 0 Å². The summed E-state index contributed by atoms with van der Waals surface area (Å²) in [5.41, 5.74) is 1.81. The molecule has 0 radical (unpaired) electrons. The summed E-state index contributed by atoms with van der Waals surface area (Å²) in [6, 6.07) is 9.93. The third-order valence-electron chi connectivity index (χ3n) is 2.96. The van der Waals surface area contributed by atoms with Gasteiger partial charge in [-0.3, -0.25) is 4.40 Å². The third-order valence-corrected chi connectivity index (χ3v) is 4.08. The van der Waals surface area contributed by atoms with E-state index < -0.39 is 5.97 Å². The Labute approximate surface area is 113 Å². The first-order chi connectivity index (χ1) is 9.16. The van der Waals surface area contributed by atoms with Crippen molar-refractivity contribution in [2.45, 2.75) is 13.3 Å². The minimum absolute atomic E-state index is 0.319. The quantitative estimate of drug-likeness (QED) is 0.795. The van der Waals surface area contributed by atoms with Gasteiger partial charge >= 0.3 is 5.97 Å². The molecule has 0 saturated carbocycles. The van der Waals surface area contributed by atoms with Gasteiger partial charge in [-0.05, 0) is 12.5 Å². The normalized spacial score (nSPS) is 11.0. The summed E-state index contributed by atoms with van der Waals surface area (Å²) in [7, 11) is 0. The molecule has 0 amide bonds. The molecule has 0 fully saturated rings. The van der Waals surface area contributed by atoms with Crippen LogP contribution in [0.2, 0.25) is 0 Å². The Balaban J connectivity index is 2.07. The predicted molar refractivity (Wildman–Crippen MR) is 71.8 cm³/mol. The number of aromatic carboxylic acids is 1. The fourth-order valence-corrected chi connectivity index (χ4v) is 2.99. The first-order valence-electron chi connectivity index (χ1n) is 5.77. The number of fused-ring (bicyclic) bond motifs is 1. The highest BCUT2D eigenvalue weighted by molar-refractivity contribution is 7.18. The Morgan fingerprint density at radius 1 is 1.32 bits per heavy atom. The number of aromatic nitrogens is 3. The number of rotatable bonds is 3. The number of aryl methyl sites for hydroxylation is 1. The molecule has 0 aliphatic rings. The topological polar surface area (TPSA) is 67.5 Å². The molecule has 0 spiro atoms. The van der Waals surface area contributed by atoms with Crippen molar-refractivity contribution in [1.82, 2.24) is 14.6 Å². The summed E-state index contributed by atoms with van der Waals surface area (Å²) in [5.74, 6) is -0.152. The van der Waals surface area contributed by atoms with Gasteiger partial charge in [0.25, 0.3) is 0 Å². The first-order valence-corrected chi connectivity index (χ1v) is 6.59. The van der Waals surface area contributed by atoms with Crippen molar-refractivity contribution < 1.29 is 9.90 Å². The van der Waals surface area contributed by atoms with E-state index in [2.05, 4.69) is 10.2 Å². The lowest BCUT2D eigenvalue weighted by molar-refractivity contribution is 0.0701. The van der Waals surface area contributed by atoms with Crippen molar-refractivity contribution in [1.29, 1.82) is 0 Å². The van der Waals surface area contributed by atoms with E-state index in [1.807, 2.05) is 34.7 Å². The molecule has 2 heterocycles. The van der Waals surface area contributed by atoms with Crippen LogP contribution in [0.25, 0.3) is 4.96 Å². The van der Waals surface area contributed by atoms with Gasteiger partial charge in [0, 0.05) is 12.1 Å². The summed E-state index contributed by atoms with van der Waals surface area (Å²) in [4.78, 5) is 12.1. The van der Waals surface area contributed by atoms with Crippen LogP contribution in [0.4, 0.5) is 0 Å². The van der Waals surface area contributed by atoms with E-state index in [1.54, 1.807) is 6.92 Å². The highest BCUT2D eigenvalue weighted by Crippen LogP contribution is 2.23. The molecule has 96 valence electrons. The van der Waals surface area contributed by atoms with Gasteiger partial charge < -0.3 is 5.11 Å². The molecule has 0 aliphatic heterocycles. The Hall–Kier alpha value is -2.21. The van der Waals surface area contributed by atoms with E-state index in [9.17, 15) is 4.79 Å². The minimum atomic E-state index is -0.918. The molecule has 3 aromatic rings. The predicted octanol–water partition coefficient (Wildman–Crippen LogP) is 2.39. The van der Waals surface area contributed by atoms with E-state index in [-0.39, 0.29) is 0 Å². The summed E-state index contributed by atoms with van der Waals surface area (Å²) >= 11 is 1.15. The van der Waals surface area contributed by atoms with Crippen molar-refractivity contribution in [2.75, 3.05) is 0 Å². The van der Waals surface area contributed by atoms with E-state index in [1.165, 1.54) is 0 Å². The van der Waals surface area contributed by atoms with Gasteiger partial charge in [-0.15, -0.1) is 10.2 Å². The van der Waals surface area contributed by atoms with Gasteiger partial charge in [-0.25, -0.2) is 4.79 Å². The van der Waals surface area contributed by atoms with Crippen molar-refractivity contribution in [3.05, 3.63) is 52.3 Å². The second-order valence-corrected chi connectivity index (χ2v) is 5.20. The van der Waals surface area contributed by atoms with Gasteiger partial charge in [0.05, 0.1) is 0 Å². The number of hydrogen-bond acceptors (Lipinski definition) is 4. The largest absolute Gasteiger partial charge is 0.477 e. The molecule has 6 heteroatoms. The van der Waals surface area contributed by atoms with Crippen molar-refractivity contribution in [3.8, 4) is 0 Å². The molecule has 1 aromatic carbocycles. The molecular weight excluding hydrogens is 262 g/mol. The summed E-state index contributed by atoms with van der Waals surface area (Å²) < 4.78 is 1.82. The second-order valence-electron chi connectivity index (χ2n) is 4.22. The van der Waals surface area contributed by atoms with Crippen molar-refractivity contribution in [2.24, 2.45) is 0 Å². The molecule has 5 nitrogen and oxygen atoms in total. The lowest BCUT2D eigenvalue weighted by Gasteiger charge is -2.00. The molecule has 0 aliphatic carbocycles. The number of carboxylic acids is 1. The summed E-state index contributed by atoms with van der Waals surface area (Å²) in [5, 5.41) is 17.3. The van der Waals surface area contributed by atoms with E-state index in [4.69, 9.17) is 5.11 Å². The van der Waals surface area contributed by atoms with E-state index in [0.717, 1.165) is 22.7 Å². The number of thiazole rings is 1. The molecule has 0 unspecified atom stereocenters. The number of carbonyl (C=O) groups is 1. The average Bonchev–Trinajstić information content (AvgIpc) is 2.93. The maximum Gasteiger partial charge on any atom is 0.347 e. The maximum atomic E-state index is 11.1. The van der Waals surface area contributed by atoms with Gasteiger partial charge in [0.1, 0.15) is 10.7 Å². The number of hydrogen-bond donors (Lipinski definition) is 1. The molecule has 1 N–H and O–H groups in total. The monoisotopic (exact) mass is 273 g/mol. The fourth-order valence-electron chi connectivity index (χ4n) is 2.06. The van der Waals surface area contributed by atoms with E-state index >= 15 is 0 Å². The summed E-state index contributed by atoms with van der Waals surface area (Å²) in [6.45, 7) is 1.78. The summed E-state index contributed by atoms with van der Waals surface area (Å²) in [6.07, 6.45) is 0.638. The molecule has 19 heavy (non-hydrogen) atoms. The van der Waals surface area contributed by atoms with Crippen molar-refractivity contribution in [3.63, 3.8) is 0 Å². The molecule has 2 aromatic heterocycles. The zero-order valence-electron chi connectivity index (χ0n) is 10.2. The van der Waals surface area contributed by atoms with Crippen LogP contribution in [-0.2, 0) is 6.42 Å². The van der Waals surface area contributed by atoms with Crippen molar-refractivity contribution >= 4 is 22.3 Å². The lowest BCUT2D eigenvalue weighted by Crippen LogP contribution is -2.01. The SMILES string of the molecule is Cc1c(C(=O)O)sc2nnc(Cc3ccccc3)n12. The molecule has 3 rings (SSSR count). The van der Waals surface area contributed by atoms with Crippen LogP contribution in [0.15, 0.2) is 30.3 Å². The highest BCUT2D eigenvalue weighted by atomic mass is 32.1. The van der Waals surface area contributed by atoms with Crippen LogP contribution >= 0.6 is 11.3 Å². The fraction of sp³-hybridized carbons (Fsp3) is 0.154. The minimum Gasteiger partial charge on any atom is -0.477 e. The standard InChI is InChI=1S/C13H11N3O2S/c1-8-11(12(17)18)19-13-15-14-10(16(8)13)7-9-5-3-2-4-6-9/h2-6H,7H2,1H3,(H,17,18). The molecule has 0 atom stereocenters. The van der Waals surface area contributed by atoms with Crippen LogP contribution in [0.1, 0.15) is 26.8 Å². The number of nitrogens with zero attached hydrogens (tertiary/aromatic N) is 3. The average molecular weight is 273 g/mol. The third kappa shape index (κ3) is 2.00. The Bertz CT molecular complexity index is 746. The van der Waals surface area contributed by atoms with Crippen LogP contribution in [0.3, 0.4) is 0 Å². The van der Waals surface area contributed by atoms with Gasteiger partial charge in [0.2, 0.25) is 4.96 Å². The van der Waals surface area contributed by atoms with Gasteiger partial charge in [-0.2, -0.15) is 0 Å². The lowest BCUT2D eigenvalue weighted by atomic mass is 10.1. The zero-order valence-corrected chi connectivity index (χ0v) is 11.0. The molecule has 0 saturated heterocycles. The van der Waals surface area contributed by atoms with E-state index in [0.29, 0.717) is 22.0 Å². The Kier molecular flexibility index (Phi) is 2.79. The second kappa shape index (κ2) is 4.47. The number of carboxylic acid groups (broad SMARTS) is 1. The van der Waals surface area contributed by atoms with Crippen LogP contribution in [0, 0.1) is 6.92 Å². The maximum absolute atomic E-state index is 11.1. The van der Waals surface area contributed by atoms with Crippen LogP contribution in [0.5, 0.6) is 0 Å². The first kappa shape index (κ1) is 11.9.